The topological polar surface area (TPSA) is 58.1 Å². The third kappa shape index (κ3) is 1.88. The summed E-state index contributed by atoms with van der Waals surface area (Å²) in [6.07, 6.45) is 3.97. The molecule has 0 aliphatic carbocycles. The van der Waals surface area contributed by atoms with Crippen molar-refractivity contribution in [3.05, 3.63) is 30.1 Å². The van der Waals surface area contributed by atoms with Crippen LogP contribution in [-0.4, -0.2) is 34.4 Å². The van der Waals surface area contributed by atoms with Crippen LogP contribution in [0, 0.1) is 0 Å². The number of fused-ring (bicyclic) bond motifs is 1. The summed E-state index contributed by atoms with van der Waals surface area (Å²) in [5.74, 6) is 0.543. The number of hydrogen-bond acceptors (Lipinski definition) is 4. The van der Waals surface area contributed by atoms with Crippen molar-refractivity contribution in [2.75, 3.05) is 18.9 Å². The van der Waals surface area contributed by atoms with E-state index in [1.807, 2.05) is 6.20 Å². The van der Waals surface area contributed by atoms with E-state index in [1.54, 1.807) is 11.9 Å². The first-order valence-corrected chi connectivity index (χ1v) is 5.18. The minimum Gasteiger partial charge on any atom is -0.357 e. The molecule has 0 radical (unpaired) electrons. The van der Waals surface area contributed by atoms with Crippen LogP contribution in [0.1, 0.15) is 11.3 Å². The van der Waals surface area contributed by atoms with Gasteiger partial charge < -0.3 is 10.2 Å². The highest BCUT2D eigenvalue weighted by Gasteiger charge is 2.20. The minimum absolute atomic E-state index is 0.0460. The molecule has 1 aliphatic heterocycles. The number of nitrogens with zero attached hydrogens (tertiary/aromatic N) is 3. The summed E-state index contributed by atoms with van der Waals surface area (Å²) in [6, 6.07) is 0. The number of carbonyl (C=O) groups is 1. The molecule has 84 valence electrons. The van der Waals surface area contributed by atoms with Crippen LogP contribution in [0.25, 0.3) is 0 Å². The number of aromatic nitrogens is 2. The van der Waals surface area contributed by atoms with Gasteiger partial charge >= 0.3 is 0 Å². The molecule has 16 heavy (non-hydrogen) atoms. The number of anilines is 1. The molecule has 0 spiro atoms. The zero-order chi connectivity index (χ0) is 11.5. The summed E-state index contributed by atoms with van der Waals surface area (Å²) in [7, 11) is 1.78. The van der Waals surface area contributed by atoms with Crippen molar-refractivity contribution in [2.45, 2.75) is 13.0 Å². The number of rotatable bonds is 2. The van der Waals surface area contributed by atoms with Gasteiger partial charge in [-0.1, -0.05) is 6.58 Å². The van der Waals surface area contributed by atoms with E-state index in [4.69, 9.17) is 0 Å². The molecule has 0 atom stereocenters. The quantitative estimate of drug-likeness (QED) is 0.738. The monoisotopic (exact) mass is 218 g/mol. The number of amides is 1. The van der Waals surface area contributed by atoms with Crippen LogP contribution < -0.4 is 5.32 Å². The molecule has 1 N–H and O–H groups in total. The molecule has 1 aliphatic rings. The molecule has 0 saturated carbocycles. The molecule has 0 aromatic carbocycles. The van der Waals surface area contributed by atoms with Crippen LogP contribution in [0.4, 0.5) is 5.95 Å². The van der Waals surface area contributed by atoms with E-state index in [2.05, 4.69) is 21.9 Å². The van der Waals surface area contributed by atoms with Crippen molar-refractivity contribution < 1.29 is 4.79 Å². The molecule has 1 amide bonds. The summed E-state index contributed by atoms with van der Waals surface area (Å²) in [5, 5.41) is 2.89. The van der Waals surface area contributed by atoms with Gasteiger partial charge in [-0.2, -0.15) is 0 Å². The molecule has 0 unspecified atom stereocenters. The maximum absolute atomic E-state index is 11.5. The minimum atomic E-state index is -0.0460. The molecule has 2 rings (SSSR count). The zero-order valence-electron chi connectivity index (χ0n) is 9.23. The average Bonchev–Trinajstić information content (AvgIpc) is 2.36. The van der Waals surface area contributed by atoms with Gasteiger partial charge in [0.05, 0.1) is 12.2 Å². The van der Waals surface area contributed by atoms with E-state index in [-0.39, 0.29) is 5.91 Å². The van der Waals surface area contributed by atoms with Gasteiger partial charge in [0.15, 0.2) is 0 Å². The molecular formula is C11H14N4O. The number of hydrogen-bond donors (Lipinski definition) is 1. The Morgan fingerprint density at radius 2 is 2.50 bits per heavy atom. The van der Waals surface area contributed by atoms with Crippen LogP contribution in [-0.2, 0) is 17.8 Å². The maximum Gasteiger partial charge on any atom is 0.246 e. The lowest BCUT2D eigenvalue weighted by molar-refractivity contribution is -0.126. The lowest BCUT2D eigenvalue weighted by Crippen LogP contribution is -2.35. The Balaban J connectivity index is 2.24. The molecule has 0 fully saturated rings. The Morgan fingerprint density at radius 3 is 3.19 bits per heavy atom. The van der Waals surface area contributed by atoms with Gasteiger partial charge in [0, 0.05) is 19.8 Å². The number of nitrogens with one attached hydrogen (secondary N) is 1. The summed E-state index contributed by atoms with van der Waals surface area (Å²) in [4.78, 5) is 21.7. The van der Waals surface area contributed by atoms with Gasteiger partial charge in [-0.15, -0.1) is 0 Å². The standard InChI is InChI=1S/C11H14N4O/c1-3-10(16)15-5-4-8-6-13-11(12-2)14-9(8)7-15/h3,6H,1,4-5,7H2,2H3,(H,12,13,14). The van der Waals surface area contributed by atoms with Gasteiger partial charge in [-0.25, -0.2) is 9.97 Å². The second-order valence-corrected chi connectivity index (χ2v) is 3.63. The van der Waals surface area contributed by atoms with E-state index in [0.29, 0.717) is 19.0 Å². The van der Waals surface area contributed by atoms with Crippen LogP contribution in [0.3, 0.4) is 0 Å². The van der Waals surface area contributed by atoms with Gasteiger partial charge in [0.1, 0.15) is 0 Å². The van der Waals surface area contributed by atoms with Crippen molar-refractivity contribution in [3.63, 3.8) is 0 Å². The molecule has 5 heteroatoms. The van der Waals surface area contributed by atoms with Crippen molar-refractivity contribution in [2.24, 2.45) is 0 Å². The van der Waals surface area contributed by atoms with E-state index < -0.39 is 0 Å². The molecule has 5 nitrogen and oxygen atoms in total. The maximum atomic E-state index is 11.5. The zero-order valence-corrected chi connectivity index (χ0v) is 9.23. The van der Waals surface area contributed by atoms with Crippen molar-refractivity contribution in [3.8, 4) is 0 Å². The summed E-state index contributed by atoms with van der Waals surface area (Å²) >= 11 is 0. The van der Waals surface area contributed by atoms with E-state index >= 15 is 0 Å². The van der Waals surface area contributed by atoms with Crippen molar-refractivity contribution in [1.29, 1.82) is 0 Å². The Labute approximate surface area is 94.2 Å². The highest BCUT2D eigenvalue weighted by atomic mass is 16.2. The first-order valence-electron chi connectivity index (χ1n) is 5.18. The Hall–Kier alpha value is -1.91. The average molecular weight is 218 g/mol. The Kier molecular flexibility index (Phi) is 2.85. The third-order valence-electron chi connectivity index (χ3n) is 2.66. The second-order valence-electron chi connectivity index (χ2n) is 3.63. The van der Waals surface area contributed by atoms with E-state index in [0.717, 1.165) is 17.7 Å². The fraction of sp³-hybridized carbons (Fsp3) is 0.364. The first-order chi connectivity index (χ1) is 7.74. The smallest absolute Gasteiger partial charge is 0.246 e. The SMILES string of the molecule is C=CC(=O)N1CCc2cnc(NC)nc2C1. The highest BCUT2D eigenvalue weighted by Crippen LogP contribution is 2.17. The van der Waals surface area contributed by atoms with Crippen LogP contribution in [0.2, 0.25) is 0 Å². The summed E-state index contributed by atoms with van der Waals surface area (Å²) in [5.41, 5.74) is 2.04. The highest BCUT2D eigenvalue weighted by molar-refractivity contribution is 5.87. The molecular weight excluding hydrogens is 204 g/mol. The fourth-order valence-electron chi connectivity index (χ4n) is 1.74. The Bertz CT molecular complexity index is 430. The van der Waals surface area contributed by atoms with Crippen LogP contribution >= 0.6 is 0 Å². The second kappa shape index (κ2) is 4.30. The normalized spacial score (nSPS) is 14.2. The van der Waals surface area contributed by atoms with E-state index in [9.17, 15) is 4.79 Å². The molecule has 0 bridgehead atoms. The fourth-order valence-corrected chi connectivity index (χ4v) is 1.74. The van der Waals surface area contributed by atoms with Gasteiger partial charge in [0.2, 0.25) is 11.9 Å². The predicted octanol–water partition coefficient (Wildman–Crippen LogP) is 0.589. The lowest BCUT2D eigenvalue weighted by atomic mass is 10.1. The van der Waals surface area contributed by atoms with Crippen molar-refractivity contribution in [1.82, 2.24) is 14.9 Å². The molecule has 0 saturated heterocycles. The van der Waals surface area contributed by atoms with Crippen LogP contribution in [0.15, 0.2) is 18.9 Å². The largest absolute Gasteiger partial charge is 0.357 e. The van der Waals surface area contributed by atoms with Crippen molar-refractivity contribution >= 4 is 11.9 Å². The van der Waals surface area contributed by atoms with Gasteiger partial charge in [-0.3, -0.25) is 4.79 Å². The predicted molar refractivity (Wildman–Crippen MR) is 60.9 cm³/mol. The molecule has 2 heterocycles. The molecule has 1 aromatic rings. The van der Waals surface area contributed by atoms with Gasteiger partial charge in [0.25, 0.3) is 0 Å². The number of carbonyl (C=O) groups excluding carboxylic acids is 1. The van der Waals surface area contributed by atoms with Gasteiger partial charge in [-0.05, 0) is 18.1 Å². The third-order valence-corrected chi connectivity index (χ3v) is 2.66. The Morgan fingerprint density at radius 1 is 1.69 bits per heavy atom. The molecule has 1 aromatic heterocycles. The first kappa shape index (κ1) is 10.6. The summed E-state index contributed by atoms with van der Waals surface area (Å²) < 4.78 is 0. The van der Waals surface area contributed by atoms with E-state index in [1.165, 1.54) is 6.08 Å². The summed E-state index contributed by atoms with van der Waals surface area (Å²) in [6.45, 7) is 4.74. The van der Waals surface area contributed by atoms with Crippen LogP contribution in [0.5, 0.6) is 0 Å². The lowest BCUT2D eigenvalue weighted by Gasteiger charge is -2.26.